The smallest absolute Gasteiger partial charge is 0.254 e. The summed E-state index contributed by atoms with van der Waals surface area (Å²) in [6.45, 7) is 3.37. The van der Waals surface area contributed by atoms with Crippen LogP contribution in [-0.2, 0) is 4.74 Å². The van der Waals surface area contributed by atoms with Crippen molar-refractivity contribution in [3.63, 3.8) is 0 Å². The van der Waals surface area contributed by atoms with Gasteiger partial charge in [-0.25, -0.2) is 0 Å². The molecule has 1 aromatic carbocycles. The maximum absolute atomic E-state index is 12.7. The van der Waals surface area contributed by atoms with E-state index in [1.807, 2.05) is 6.92 Å². The van der Waals surface area contributed by atoms with E-state index in [9.17, 15) is 4.79 Å². The zero-order chi connectivity index (χ0) is 15.4. The van der Waals surface area contributed by atoms with E-state index < -0.39 is 0 Å². The number of ether oxygens (including phenoxy) is 3. The van der Waals surface area contributed by atoms with Crippen molar-refractivity contribution >= 4 is 5.91 Å². The molecule has 1 aliphatic heterocycles. The average molecular weight is 294 g/mol. The number of benzene rings is 1. The molecule has 0 aliphatic carbocycles. The fraction of sp³-hybridized carbons (Fsp3) is 0.533. The zero-order valence-electron chi connectivity index (χ0n) is 12.7. The minimum absolute atomic E-state index is 0.0217. The standard InChI is InChI=1S/C15H22N2O4/c1-10-9-21-12(7-16)8-17(10)15(18)11-4-5-13(19-2)14(6-11)20-3/h4-6,10,12H,7-9,16H2,1-3H3. The van der Waals surface area contributed by atoms with E-state index in [-0.39, 0.29) is 18.1 Å². The van der Waals surface area contributed by atoms with Crippen molar-refractivity contribution < 1.29 is 19.0 Å². The fourth-order valence-electron chi connectivity index (χ4n) is 2.38. The van der Waals surface area contributed by atoms with Gasteiger partial charge < -0.3 is 24.8 Å². The molecule has 0 spiro atoms. The summed E-state index contributed by atoms with van der Waals surface area (Å²) in [5.74, 6) is 1.09. The van der Waals surface area contributed by atoms with Crippen LogP contribution in [0.4, 0.5) is 0 Å². The molecule has 0 bridgehead atoms. The van der Waals surface area contributed by atoms with Crippen molar-refractivity contribution in [2.45, 2.75) is 19.1 Å². The molecule has 1 heterocycles. The van der Waals surface area contributed by atoms with Gasteiger partial charge in [0.15, 0.2) is 11.5 Å². The molecule has 2 rings (SSSR count). The van der Waals surface area contributed by atoms with Crippen LogP contribution >= 0.6 is 0 Å². The first-order valence-electron chi connectivity index (χ1n) is 6.95. The second kappa shape index (κ2) is 6.78. The Morgan fingerprint density at radius 1 is 1.38 bits per heavy atom. The van der Waals surface area contributed by atoms with E-state index >= 15 is 0 Å². The molecule has 21 heavy (non-hydrogen) atoms. The number of hydrogen-bond acceptors (Lipinski definition) is 5. The van der Waals surface area contributed by atoms with Gasteiger partial charge in [-0.1, -0.05) is 0 Å². The third-order valence-electron chi connectivity index (χ3n) is 3.66. The summed E-state index contributed by atoms with van der Waals surface area (Å²) in [5.41, 5.74) is 6.20. The maximum atomic E-state index is 12.7. The van der Waals surface area contributed by atoms with Crippen LogP contribution in [0, 0.1) is 0 Å². The Kier molecular flexibility index (Phi) is 5.03. The minimum atomic E-state index is -0.106. The van der Waals surface area contributed by atoms with Crippen molar-refractivity contribution in [2.75, 3.05) is 33.9 Å². The first-order valence-corrected chi connectivity index (χ1v) is 6.95. The van der Waals surface area contributed by atoms with Gasteiger partial charge in [-0.3, -0.25) is 4.79 Å². The molecule has 116 valence electrons. The van der Waals surface area contributed by atoms with Crippen LogP contribution in [0.15, 0.2) is 18.2 Å². The van der Waals surface area contributed by atoms with Crippen molar-refractivity contribution in [3.05, 3.63) is 23.8 Å². The summed E-state index contributed by atoms with van der Waals surface area (Å²) in [6, 6.07) is 5.19. The number of carbonyl (C=O) groups is 1. The first kappa shape index (κ1) is 15.6. The minimum Gasteiger partial charge on any atom is -0.493 e. The van der Waals surface area contributed by atoms with Gasteiger partial charge in [0.2, 0.25) is 0 Å². The van der Waals surface area contributed by atoms with Gasteiger partial charge in [0.25, 0.3) is 5.91 Å². The molecule has 0 radical (unpaired) electrons. The Labute approximate surface area is 124 Å². The van der Waals surface area contributed by atoms with Crippen LogP contribution in [0.5, 0.6) is 11.5 Å². The summed E-state index contributed by atoms with van der Waals surface area (Å²) >= 11 is 0. The number of carbonyl (C=O) groups excluding carboxylic acids is 1. The molecule has 2 N–H and O–H groups in total. The van der Waals surface area contributed by atoms with Crippen molar-refractivity contribution in [2.24, 2.45) is 5.73 Å². The predicted octanol–water partition coefficient (Wildman–Crippen LogP) is 0.892. The normalized spacial score (nSPS) is 22.0. The van der Waals surface area contributed by atoms with Crippen LogP contribution in [0.3, 0.4) is 0 Å². The largest absolute Gasteiger partial charge is 0.493 e. The van der Waals surface area contributed by atoms with Gasteiger partial charge in [0, 0.05) is 18.7 Å². The van der Waals surface area contributed by atoms with Crippen LogP contribution in [-0.4, -0.2) is 56.9 Å². The van der Waals surface area contributed by atoms with Crippen LogP contribution in [0.25, 0.3) is 0 Å². The lowest BCUT2D eigenvalue weighted by atomic mass is 10.1. The highest BCUT2D eigenvalue weighted by Gasteiger charge is 2.30. The van der Waals surface area contributed by atoms with Crippen LogP contribution < -0.4 is 15.2 Å². The molecule has 1 fully saturated rings. The summed E-state index contributed by atoms with van der Waals surface area (Å²) in [6.07, 6.45) is -0.106. The van der Waals surface area contributed by atoms with E-state index in [0.717, 1.165) is 0 Å². The van der Waals surface area contributed by atoms with Gasteiger partial charge in [0.1, 0.15) is 0 Å². The van der Waals surface area contributed by atoms with Gasteiger partial charge in [-0.15, -0.1) is 0 Å². The first-order chi connectivity index (χ1) is 10.1. The zero-order valence-corrected chi connectivity index (χ0v) is 12.7. The Morgan fingerprint density at radius 3 is 2.71 bits per heavy atom. The van der Waals surface area contributed by atoms with Crippen molar-refractivity contribution in [3.8, 4) is 11.5 Å². The molecule has 1 saturated heterocycles. The highest BCUT2D eigenvalue weighted by Crippen LogP contribution is 2.28. The molecule has 1 aromatic rings. The third kappa shape index (κ3) is 3.28. The molecule has 6 heteroatoms. The fourth-order valence-corrected chi connectivity index (χ4v) is 2.38. The molecule has 1 aliphatic rings. The van der Waals surface area contributed by atoms with Crippen LogP contribution in [0.1, 0.15) is 17.3 Å². The summed E-state index contributed by atoms with van der Waals surface area (Å²) < 4.78 is 16.0. The number of morpholine rings is 1. The second-order valence-electron chi connectivity index (χ2n) is 5.07. The van der Waals surface area contributed by atoms with E-state index in [2.05, 4.69) is 0 Å². The van der Waals surface area contributed by atoms with Crippen molar-refractivity contribution in [1.82, 2.24) is 4.90 Å². The molecular weight excluding hydrogens is 272 g/mol. The lowest BCUT2D eigenvalue weighted by Crippen LogP contribution is -2.52. The van der Waals surface area contributed by atoms with Gasteiger partial charge >= 0.3 is 0 Å². The monoisotopic (exact) mass is 294 g/mol. The highest BCUT2D eigenvalue weighted by molar-refractivity contribution is 5.95. The van der Waals surface area contributed by atoms with E-state index in [1.54, 1.807) is 37.3 Å². The number of amides is 1. The topological polar surface area (TPSA) is 74.0 Å². The lowest BCUT2D eigenvalue weighted by Gasteiger charge is -2.37. The number of nitrogens with zero attached hydrogens (tertiary/aromatic N) is 1. The number of hydrogen-bond donors (Lipinski definition) is 1. The Morgan fingerprint density at radius 2 is 2.10 bits per heavy atom. The lowest BCUT2D eigenvalue weighted by molar-refractivity contribution is -0.0426. The highest BCUT2D eigenvalue weighted by atomic mass is 16.5. The van der Waals surface area contributed by atoms with Gasteiger partial charge in [-0.2, -0.15) is 0 Å². The quantitative estimate of drug-likeness (QED) is 0.893. The van der Waals surface area contributed by atoms with E-state index in [1.165, 1.54) is 0 Å². The van der Waals surface area contributed by atoms with Crippen molar-refractivity contribution in [1.29, 1.82) is 0 Å². The molecule has 0 saturated carbocycles. The Hall–Kier alpha value is -1.79. The Bertz CT molecular complexity index is 506. The van der Waals surface area contributed by atoms with Gasteiger partial charge in [-0.05, 0) is 25.1 Å². The summed E-state index contributed by atoms with van der Waals surface area (Å²) in [5, 5.41) is 0. The summed E-state index contributed by atoms with van der Waals surface area (Å²) in [7, 11) is 3.11. The van der Waals surface area contributed by atoms with Crippen LogP contribution in [0.2, 0.25) is 0 Å². The molecule has 2 atom stereocenters. The summed E-state index contributed by atoms with van der Waals surface area (Å²) in [4.78, 5) is 14.5. The molecule has 6 nitrogen and oxygen atoms in total. The average Bonchev–Trinajstić information content (AvgIpc) is 2.54. The predicted molar refractivity (Wildman–Crippen MR) is 78.8 cm³/mol. The third-order valence-corrected chi connectivity index (χ3v) is 3.66. The molecule has 2 unspecified atom stereocenters. The Balaban J connectivity index is 2.22. The number of rotatable bonds is 4. The molecule has 0 aromatic heterocycles. The molecular formula is C15H22N2O4. The van der Waals surface area contributed by atoms with E-state index in [0.29, 0.717) is 36.8 Å². The second-order valence-corrected chi connectivity index (χ2v) is 5.07. The maximum Gasteiger partial charge on any atom is 0.254 e. The number of methoxy groups -OCH3 is 2. The molecule has 1 amide bonds. The SMILES string of the molecule is COc1ccc(C(=O)N2CC(CN)OCC2C)cc1OC. The van der Waals surface area contributed by atoms with Gasteiger partial charge in [0.05, 0.1) is 33.0 Å². The van der Waals surface area contributed by atoms with E-state index in [4.69, 9.17) is 19.9 Å². The number of nitrogens with two attached hydrogens (primary N) is 1.